The molecule has 16 heavy (non-hydrogen) atoms. The number of amides is 1. The molecule has 0 saturated carbocycles. The summed E-state index contributed by atoms with van der Waals surface area (Å²) in [4.78, 5) is 12.4. The Labute approximate surface area is 97.7 Å². The van der Waals surface area contributed by atoms with Crippen LogP contribution in [0, 0.1) is 0 Å². The SMILES string of the molecule is CNCCCN1C(N(C)C=O)=CC(C)N1C. The summed E-state index contributed by atoms with van der Waals surface area (Å²) in [5, 5.41) is 7.43. The van der Waals surface area contributed by atoms with Crippen LogP contribution in [0.1, 0.15) is 13.3 Å². The molecular weight excluding hydrogens is 204 g/mol. The fraction of sp³-hybridized carbons (Fsp3) is 0.727. The molecule has 0 aromatic heterocycles. The molecule has 1 amide bonds. The number of nitrogens with zero attached hydrogens (tertiary/aromatic N) is 3. The van der Waals surface area contributed by atoms with Gasteiger partial charge in [-0.25, -0.2) is 5.01 Å². The van der Waals surface area contributed by atoms with Crippen molar-refractivity contribution in [1.82, 2.24) is 20.2 Å². The zero-order valence-electron chi connectivity index (χ0n) is 10.6. The second-order valence-corrected chi connectivity index (χ2v) is 4.14. The van der Waals surface area contributed by atoms with Crippen LogP contribution in [-0.2, 0) is 4.79 Å². The van der Waals surface area contributed by atoms with Gasteiger partial charge in [0.05, 0.1) is 0 Å². The van der Waals surface area contributed by atoms with Gasteiger partial charge in [-0.1, -0.05) is 0 Å². The van der Waals surface area contributed by atoms with Gasteiger partial charge in [0.2, 0.25) is 6.41 Å². The number of hydrazine groups is 1. The first kappa shape index (κ1) is 13.0. The van der Waals surface area contributed by atoms with Crippen LogP contribution < -0.4 is 5.32 Å². The minimum Gasteiger partial charge on any atom is -0.320 e. The largest absolute Gasteiger partial charge is 0.320 e. The third kappa shape index (κ3) is 2.74. The van der Waals surface area contributed by atoms with E-state index in [4.69, 9.17) is 0 Å². The van der Waals surface area contributed by atoms with Gasteiger partial charge in [-0.05, 0) is 33.0 Å². The highest BCUT2D eigenvalue weighted by molar-refractivity contribution is 5.50. The summed E-state index contributed by atoms with van der Waals surface area (Å²) in [7, 11) is 5.78. The van der Waals surface area contributed by atoms with Crippen LogP contribution in [0.3, 0.4) is 0 Å². The Balaban J connectivity index is 2.64. The standard InChI is InChI=1S/C11H22N4O/c1-10-8-11(13(3)9-16)15(14(10)4)7-5-6-12-2/h8-10,12H,5-7H2,1-4H3. The van der Waals surface area contributed by atoms with E-state index in [1.54, 1.807) is 11.9 Å². The molecule has 1 heterocycles. The normalized spacial score (nSPS) is 21.1. The smallest absolute Gasteiger partial charge is 0.215 e. The molecule has 0 fully saturated rings. The Hall–Kier alpha value is -1.07. The molecule has 0 aromatic carbocycles. The first-order valence-electron chi connectivity index (χ1n) is 5.66. The Kier molecular flexibility index (Phi) is 4.76. The second kappa shape index (κ2) is 5.86. The summed E-state index contributed by atoms with van der Waals surface area (Å²) >= 11 is 0. The van der Waals surface area contributed by atoms with Crippen molar-refractivity contribution in [2.24, 2.45) is 0 Å². The van der Waals surface area contributed by atoms with Gasteiger partial charge in [-0.15, -0.1) is 0 Å². The lowest BCUT2D eigenvalue weighted by molar-refractivity contribution is -0.117. The number of hydrogen-bond acceptors (Lipinski definition) is 4. The molecule has 1 aliphatic heterocycles. The predicted octanol–water partition coefficient (Wildman–Crippen LogP) is 0.0764. The molecule has 5 heteroatoms. The molecule has 0 bridgehead atoms. The maximum atomic E-state index is 10.8. The number of hydrogen-bond donors (Lipinski definition) is 1. The monoisotopic (exact) mass is 226 g/mol. The number of likely N-dealkylation sites (N-methyl/N-ethyl adjacent to an activating group) is 1. The molecule has 0 saturated heterocycles. The summed E-state index contributed by atoms with van der Waals surface area (Å²) in [6.07, 6.45) is 4.01. The summed E-state index contributed by atoms with van der Waals surface area (Å²) in [5.41, 5.74) is 0. The van der Waals surface area contributed by atoms with E-state index >= 15 is 0 Å². The van der Waals surface area contributed by atoms with Crippen LogP contribution in [0.4, 0.5) is 0 Å². The molecule has 1 aliphatic rings. The van der Waals surface area contributed by atoms with E-state index in [1.165, 1.54) is 0 Å². The Morgan fingerprint density at radius 3 is 2.88 bits per heavy atom. The highest BCUT2D eigenvalue weighted by Crippen LogP contribution is 2.21. The van der Waals surface area contributed by atoms with Gasteiger partial charge in [-0.3, -0.25) is 9.80 Å². The highest BCUT2D eigenvalue weighted by atomic mass is 16.1. The third-order valence-corrected chi connectivity index (χ3v) is 2.94. The average molecular weight is 226 g/mol. The van der Waals surface area contributed by atoms with Crippen molar-refractivity contribution in [3.63, 3.8) is 0 Å². The van der Waals surface area contributed by atoms with Gasteiger partial charge < -0.3 is 10.2 Å². The van der Waals surface area contributed by atoms with E-state index in [9.17, 15) is 4.79 Å². The third-order valence-electron chi connectivity index (χ3n) is 2.94. The zero-order valence-corrected chi connectivity index (χ0v) is 10.6. The van der Waals surface area contributed by atoms with Gasteiger partial charge in [0.15, 0.2) is 0 Å². The van der Waals surface area contributed by atoms with E-state index in [2.05, 4.69) is 28.3 Å². The lowest BCUT2D eigenvalue weighted by atomic mass is 10.3. The van der Waals surface area contributed by atoms with Crippen LogP contribution >= 0.6 is 0 Å². The maximum absolute atomic E-state index is 10.8. The number of nitrogens with one attached hydrogen (secondary N) is 1. The quantitative estimate of drug-likeness (QED) is 0.514. The number of rotatable bonds is 6. The van der Waals surface area contributed by atoms with Crippen molar-refractivity contribution in [2.45, 2.75) is 19.4 Å². The molecule has 1 atom stereocenters. The molecule has 0 spiro atoms. The minimum absolute atomic E-state index is 0.340. The molecule has 0 aliphatic carbocycles. The predicted molar refractivity (Wildman–Crippen MR) is 64.4 cm³/mol. The minimum atomic E-state index is 0.340. The summed E-state index contributed by atoms with van der Waals surface area (Å²) in [6, 6.07) is 0.340. The molecule has 1 N–H and O–H groups in total. The molecule has 5 nitrogen and oxygen atoms in total. The maximum Gasteiger partial charge on any atom is 0.215 e. The van der Waals surface area contributed by atoms with Crippen molar-refractivity contribution in [2.75, 3.05) is 34.2 Å². The lowest BCUT2D eigenvalue weighted by Crippen LogP contribution is -2.42. The van der Waals surface area contributed by atoms with Crippen molar-refractivity contribution >= 4 is 6.41 Å². The van der Waals surface area contributed by atoms with Crippen LogP contribution in [0.5, 0.6) is 0 Å². The first-order chi connectivity index (χ1) is 7.61. The highest BCUT2D eigenvalue weighted by Gasteiger charge is 2.27. The van der Waals surface area contributed by atoms with Crippen molar-refractivity contribution in [3.05, 3.63) is 11.9 Å². The Morgan fingerprint density at radius 2 is 2.31 bits per heavy atom. The van der Waals surface area contributed by atoms with Gasteiger partial charge in [0, 0.05) is 26.7 Å². The molecule has 1 rings (SSSR count). The van der Waals surface area contributed by atoms with Crippen LogP contribution in [0.25, 0.3) is 0 Å². The van der Waals surface area contributed by atoms with E-state index in [-0.39, 0.29) is 0 Å². The molecule has 0 aromatic rings. The van der Waals surface area contributed by atoms with Crippen LogP contribution in [0.15, 0.2) is 11.9 Å². The average Bonchev–Trinajstić information content (AvgIpc) is 2.56. The topological polar surface area (TPSA) is 38.8 Å². The second-order valence-electron chi connectivity index (χ2n) is 4.14. The zero-order chi connectivity index (χ0) is 12.1. The summed E-state index contributed by atoms with van der Waals surface area (Å²) in [5.74, 6) is 0.973. The molecular formula is C11H22N4O. The fourth-order valence-electron chi connectivity index (χ4n) is 1.82. The van der Waals surface area contributed by atoms with Gasteiger partial charge in [-0.2, -0.15) is 0 Å². The molecule has 92 valence electrons. The number of carbonyl (C=O) groups excluding carboxylic acids is 1. The first-order valence-corrected chi connectivity index (χ1v) is 5.66. The van der Waals surface area contributed by atoms with E-state index < -0.39 is 0 Å². The van der Waals surface area contributed by atoms with Crippen LogP contribution in [-0.4, -0.2) is 61.6 Å². The van der Waals surface area contributed by atoms with E-state index in [0.29, 0.717) is 6.04 Å². The number of carbonyl (C=O) groups is 1. The lowest BCUT2D eigenvalue weighted by Gasteiger charge is -2.33. The van der Waals surface area contributed by atoms with Gasteiger partial charge >= 0.3 is 0 Å². The van der Waals surface area contributed by atoms with E-state index in [0.717, 1.165) is 31.7 Å². The van der Waals surface area contributed by atoms with E-state index in [1.807, 2.05) is 14.1 Å². The summed E-state index contributed by atoms with van der Waals surface area (Å²) in [6.45, 7) is 4.03. The molecule has 0 radical (unpaired) electrons. The van der Waals surface area contributed by atoms with Gasteiger partial charge in [0.1, 0.15) is 5.82 Å². The van der Waals surface area contributed by atoms with Crippen molar-refractivity contribution in [1.29, 1.82) is 0 Å². The Bertz CT molecular complexity index is 267. The van der Waals surface area contributed by atoms with Gasteiger partial charge in [0.25, 0.3) is 0 Å². The molecule has 1 unspecified atom stereocenters. The Morgan fingerprint density at radius 1 is 1.62 bits per heavy atom. The van der Waals surface area contributed by atoms with Crippen LogP contribution in [0.2, 0.25) is 0 Å². The summed E-state index contributed by atoms with van der Waals surface area (Å²) < 4.78 is 0. The van der Waals surface area contributed by atoms with Crippen molar-refractivity contribution < 1.29 is 4.79 Å². The fourth-order valence-corrected chi connectivity index (χ4v) is 1.82. The van der Waals surface area contributed by atoms with Crippen molar-refractivity contribution in [3.8, 4) is 0 Å².